The number of carbonyl (C=O) groups is 1. The SMILES string of the molecule is CS(=O)(=O)N(Cc1ccccc1F)c1ccc(OCC(=O)N(Cc2ccccc2)Cc2ccccc2)cc1. The van der Waals surface area contributed by atoms with Crippen LogP contribution in [-0.4, -0.2) is 32.1 Å². The highest BCUT2D eigenvalue weighted by atomic mass is 32.2. The number of nitrogens with zero attached hydrogens (tertiary/aromatic N) is 2. The van der Waals surface area contributed by atoms with Gasteiger partial charge in [0.15, 0.2) is 6.61 Å². The molecule has 0 spiro atoms. The molecular weight excluding hydrogens is 503 g/mol. The number of amides is 1. The molecule has 6 nitrogen and oxygen atoms in total. The number of hydrogen-bond donors (Lipinski definition) is 0. The number of sulfonamides is 1. The van der Waals surface area contributed by atoms with Gasteiger partial charge in [-0.2, -0.15) is 0 Å². The number of halogens is 1. The van der Waals surface area contributed by atoms with Crippen LogP contribution in [0.15, 0.2) is 109 Å². The van der Waals surface area contributed by atoms with E-state index in [1.54, 1.807) is 47.4 Å². The Morgan fingerprint density at radius 3 is 1.79 bits per heavy atom. The van der Waals surface area contributed by atoms with Crippen LogP contribution in [0.25, 0.3) is 0 Å². The standard InChI is InChI=1S/C30H29FN2O4S/c1-38(35,36)33(22-26-14-8-9-15-29(26)31)27-16-18-28(19-17-27)37-23-30(34)32(20-24-10-4-2-5-11-24)21-25-12-6-3-7-13-25/h2-19H,20-23H2,1H3. The molecule has 0 bridgehead atoms. The molecular formula is C30H29FN2O4S. The number of rotatable bonds is 11. The predicted octanol–water partition coefficient (Wildman–Crippen LogP) is 5.40. The van der Waals surface area contributed by atoms with Crippen LogP contribution in [0.5, 0.6) is 5.75 Å². The molecule has 4 aromatic rings. The summed E-state index contributed by atoms with van der Waals surface area (Å²) >= 11 is 0. The van der Waals surface area contributed by atoms with Gasteiger partial charge in [0.25, 0.3) is 5.91 Å². The monoisotopic (exact) mass is 532 g/mol. The van der Waals surface area contributed by atoms with Crippen LogP contribution in [0.1, 0.15) is 16.7 Å². The van der Waals surface area contributed by atoms with Crippen molar-refractivity contribution in [3.8, 4) is 5.75 Å². The molecule has 1 amide bonds. The van der Waals surface area contributed by atoms with E-state index in [-0.39, 0.29) is 24.6 Å². The van der Waals surface area contributed by atoms with Gasteiger partial charge in [0, 0.05) is 18.7 Å². The molecule has 0 aromatic heterocycles. The van der Waals surface area contributed by atoms with Gasteiger partial charge in [-0.15, -0.1) is 0 Å². The van der Waals surface area contributed by atoms with Crippen LogP contribution in [-0.2, 0) is 34.5 Å². The van der Waals surface area contributed by atoms with Gasteiger partial charge in [-0.05, 0) is 41.5 Å². The van der Waals surface area contributed by atoms with E-state index in [0.717, 1.165) is 21.7 Å². The number of anilines is 1. The number of benzene rings is 4. The summed E-state index contributed by atoms with van der Waals surface area (Å²) in [5.74, 6) is -0.241. The maximum Gasteiger partial charge on any atom is 0.261 e. The lowest BCUT2D eigenvalue weighted by atomic mass is 10.1. The van der Waals surface area contributed by atoms with Gasteiger partial charge in [0.2, 0.25) is 10.0 Å². The summed E-state index contributed by atoms with van der Waals surface area (Å²) in [6.07, 6.45) is 1.07. The molecule has 0 saturated heterocycles. The Hall–Kier alpha value is -4.17. The molecule has 0 aliphatic carbocycles. The molecule has 38 heavy (non-hydrogen) atoms. The van der Waals surface area contributed by atoms with Crippen molar-refractivity contribution in [2.75, 3.05) is 17.2 Å². The first-order valence-corrected chi connectivity index (χ1v) is 13.9. The zero-order valence-electron chi connectivity index (χ0n) is 21.0. The summed E-state index contributed by atoms with van der Waals surface area (Å²) < 4.78 is 45.9. The predicted molar refractivity (Wildman–Crippen MR) is 147 cm³/mol. The largest absolute Gasteiger partial charge is 0.484 e. The number of carbonyl (C=O) groups excluding carboxylic acids is 1. The van der Waals surface area contributed by atoms with E-state index < -0.39 is 15.8 Å². The molecule has 0 atom stereocenters. The normalized spacial score (nSPS) is 11.1. The highest BCUT2D eigenvalue weighted by Gasteiger charge is 2.20. The highest BCUT2D eigenvalue weighted by Crippen LogP contribution is 2.24. The van der Waals surface area contributed by atoms with E-state index in [1.165, 1.54) is 6.07 Å². The Morgan fingerprint density at radius 1 is 0.737 bits per heavy atom. The molecule has 0 heterocycles. The summed E-state index contributed by atoms with van der Waals surface area (Å²) in [6, 6.07) is 31.9. The fourth-order valence-electron chi connectivity index (χ4n) is 3.97. The summed E-state index contributed by atoms with van der Waals surface area (Å²) in [4.78, 5) is 14.9. The second-order valence-corrected chi connectivity index (χ2v) is 10.8. The Balaban J connectivity index is 1.44. The molecule has 0 aliphatic heterocycles. The van der Waals surface area contributed by atoms with Crippen LogP contribution in [0.2, 0.25) is 0 Å². The molecule has 0 saturated carbocycles. The third-order valence-corrected chi connectivity index (χ3v) is 7.08. The summed E-state index contributed by atoms with van der Waals surface area (Å²) in [5.41, 5.74) is 2.65. The molecule has 0 aliphatic rings. The molecule has 8 heteroatoms. The molecule has 0 N–H and O–H groups in total. The highest BCUT2D eigenvalue weighted by molar-refractivity contribution is 7.92. The second kappa shape index (κ2) is 12.4. The quantitative estimate of drug-likeness (QED) is 0.259. The van der Waals surface area contributed by atoms with Crippen LogP contribution in [0.3, 0.4) is 0 Å². The first kappa shape index (κ1) is 26.9. The van der Waals surface area contributed by atoms with Crippen molar-refractivity contribution >= 4 is 21.6 Å². The Bertz CT molecular complexity index is 1410. The molecule has 4 aromatic carbocycles. The van der Waals surface area contributed by atoms with Crippen molar-refractivity contribution in [1.82, 2.24) is 4.90 Å². The van der Waals surface area contributed by atoms with Crippen LogP contribution in [0, 0.1) is 5.82 Å². The Labute approximate surface area is 223 Å². The first-order valence-electron chi connectivity index (χ1n) is 12.1. The van der Waals surface area contributed by atoms with Gasteiger partial charge in [-0.1, -0.05) is 78.9 Å². The molecule has 0 fully saturated rings. The topological polar surface area (TPSA) is 66.9 Å². The van der Waals surface area contributed by atoms with Crippen molar-refractivity contribution in [1.29, 1.82) is 0 Å². The lowest BCUT2D eigenvalue weighted by Gasteiger charge is -2.24. The first-order chi connectivity index (χ1) is 18.3. The summed E-state index contributed by atoms with van der Waals surface area (Å²) in [7, 11) is -3.68. The van der Waals surface area contributed by atoms with Crippen molar-refractivity contribution < 1.29 is 22.3 Å². The van der Waals surface area contributed by atoms with Gasteiger partial charge in [-0.25, -0.2) is 12.8 Å². The fraction of sp³-hybridized carbons (Fsp3) is 0.167. The van der Waals surface area contributed by atoms with Gasteiger partial charge in [0.1, 0.15) is 11.6 Å². The van der Waals surface area contributed by atoms with Crippen molar-refractivity contribution in [2.24, 2.45) is 0 Å². The van der Waals surface area contributed by atoms with Crippen LogP contribution < -0.4 is 9.04 Å². The summed E-state index contributed by atoms with van der Waals surface area (Å²) in [6.45, 7) is 0.564. The van der Waals surface area contributed by atoms with E-state index in [0.29, 0.717) is 24.5 Å². The lowest BCUT2D eigenvalue weighted by molar-refractivity contribution is -0.134. The minimum absolute atomic E-state index is 0.141. The Morgan fingerprint density at radius 2 is 1.26 bits per heavy atom. The fourth-order valence-corrected chi connectivity index (χ4v) is 4.84. The van der Waals surface area contributed by atoms with E-state index >= 15 is 0 Å². The smallest absolute Gasteiger partial charge is 0.261 e. The molecule has 4 rings (SSSR count). The average molecular weight is 533 g/mol. The van der Waals surface area contributed by atoms with Crippen LogP contribution in [0.4, 0.5) is 10.1 Å². The van der Waals surface area contributed by atoms with Gasteiger partial charge < -0.3 is 9.64 Å². The maximum absolute atomic E-state index is 14.2. The second-order valence-electron chi connectivity index (χ2n) is 8.86. The van der Waals surface area contributed by atoms with Gasteiger partial charge in [0.05, 0.1) is 18.5 Å². The van der Waals surface area contributed by atoms with E-state index in [2.05, 4.69) is 0 Å². The third kappa shape index (κ3) is 7.43. The maximum atomic E-state index is 14.2. The van der Waals surface area contributed by atoms with Crippen molar-refractivity contribution in [3.05, 3.63) is 132 Å². The van der Waals surface area contributed by atoms with Gasteiger partial charge >= 0.3 is 0 Å². The Kier molecular flexibility index (Phi) is 8.76. The number of hydrogen-bond acceptors (Lipinski definition) is 4. The third-order valence-electron chi connectivity index (χ3n) is 5.94. The molecule has 0 unspecified atom stereocenters. The van der Waals surface area contributed by atoms with E-state index in [4.69, 9.17) is 4.74 Å². The van der Waals surface area contributed by atoms with E-state index in [9.17, 15) is 17.6 Å². The molecule has 0 radical (unpaired) electrons. The average Bonchev–Trinajstić information content (AvgIpc) is 2.92. The minimum Gasteiger partial charge on any atom is -0.484 e. The minimum atomic E-state index is -3.68. The van der Waals surface area contributed by atoms with Crippen molar-refractivity contribution in [2.45, 2.75) is 19.6 Å². The van der Waals surface area contributed by atoms with Crippen LogP contribution >= 0.6 is 0 Å². The van der Waals surface area contributed by atoms with Crippen molar-refractivity contribution in [3.63, 3.8) is 0 Å². The number of ether oxygens (including phenoxy) is 1. The summed E-state index contributed by atoms with van der Waals surface area (Å²) in [5, 5.41) is 0. The lowest BCUT2D eigenvalue weighted by Crippen LogP contribution is -2.34. The zero-order valence-corrected chi connectivity index (χ0v) is 21.9. The van der Waals surface area contributed by atoms with E-state index in [1.807, 2.05) is 60.7 Å². The van der Waals surface area contributed by atoms with Gasteiger partial charge in [-0.3, -0.25) is 9.10 Å². The molecule has 196 valence electrons. The zero-order chi connectivity index (χ0) is 27.0.